The number of sulfonamides is 1. The molecule has 0 heterocycles. The molecule has 0 aliphatic rings. The summed E-state index contributed by atoms with van der Waals surface area (Å²) in [5.74, 6) is 0.931. The van der Waals surface area contributed by atoms with Crippen molar-refractivity contribution in [1.29, 1.82) is 0 Å². The van der Waals surface area contributed by atoms with Crippen molar-refractivity contribution in [2.24, 2.45) is 5.14 Å². The van der Waals surface area contributed by atoms with Crippen LogP contribution in [0.15, 0.2) is 77.7 Å². The first-order chi connectivity index (χ1) is 12.8. The van der Waals surface area contributed by atoms with Crippen LogP contribution in [0.5, 0.6) is 11.5 Å². The van der Waals surface area contributed by atoms with Gasteiger partial charge in [0.15, 0.2) is 0 Å². The Hall–Kier alpha value is -3.16. The van der Waals surface area contributed by atoms with Crippen LogP contribution in [-0.2, 0) is 10.0 Å². The summed E-state index contributed by atoms with van der Waals surface area (Å²) in [6.07, 6.45) is 0. The maximum Gasteiger partial charge on any atom is 0.255 e. The van der Waals surface area contributed by atoms with E-state index < -0.39 is 10.0 Å². The van der Waals surface area contributed by atoms with Gasteiger partial charge in [-0.15, -0.1) is 0 Å². The Labute approximate surface area is 157 Å². The van der Waals surface area contributed by atoms with Crippen LogP contribution in [0.3, 0.4) is 0 Å². The van der Waals surface area contributed by atoms with Gasteiger partial charge in [-0.05, 0) is 61.0 Å². The average Bonchev–Trinajstić information content (AvgIpc) is 2.64. The summed E-state index contributed by atoms with van der Waals surface area (Å²) in [5, 5.41) is 7.86. The molecule has 3 aromatic carbocycles. The molecule has 1 amide bonds. The van der Waals surface area contributed by atoms with E-state index in [2.05, 4.69) is 5.32 Å². The molecular formula is C20H18N2O4S. The number of amides is 1. The molecule has 3 aromatic rings. The standard InChI is InChI=1S/C20H18N2O4S/c1-14-7-10-16(13-19(14)27(21,24)25)22-20(23)15-8-11-18(12-9-15)26-17-5-3-2-4-6-17/h2-13H,1H3,(H,22,23)(H2,21,24,25). The fourth-order valence-electron chi connectivity index (χ4n) is 2.49. The molecule has 3 rings (SSSR count). The second kappa shape index (κ2) is 7.61. The highest BCUT2D eigenvalue weighted by Gasteiger charge is 2.14. The number of para-hydroxylation sites is 1. The van der Waals surface area contributed by atoms with Gasteiger partial charge in [0.05, 0.1) is 4.90 Å². The van der Waals surface area contributed by atoms with Gasteiger partial charge >= 0.3 is 0 Å². The lowest BCUT2D eigenvalue weighted by molar-refractivity contribution is 0.102. The van der Waals surface area contributed by atoms with E-state index in [-0.39, 0.29) is 10.8 Å². The normalized spacial score (nSPS) is 11.0. The van der Waals surface area contributed by atoms with Crippen LogP contribution in [0.25, 0.3) is 0 Å². The van der Waals surface area contributed by atoms with Crippen LogP contribution in [0, 0.1) is 6.92 Å². The number of hydrogen-bond acceptors (Lipinski definition) is 4. The number of ether oxygens (including phenoxy) is 1. The summed E-state index contributed by atoms with van der Waals surface area (Å²) in [6.45, 7) is 1.64. The quantitative estimate of drug-likeness (QED) is 0.703. The SMILES string of the molecule is Cc1ccc(NC(=O)c2ccc(Oc3ccccc3)cc2)cc1S(N)(=O)=O. The zero-order valence-electron chi connectivity index (χ0n) is 14.5. The number of aryl methyl sites for hydroxylation is 1. The number of benzene rings is 3. The number of nitrogens with two attached hydrogens (primary N) is 1. The molecule has 0 spiro atoms. The van der Waals surface area contributed by atoms with Crippen molar-refractivity contribution in [2.75, 3.05) is 5.32 Å². The second-order valence-corrected chi connectivity index (χ2v) is 7.45. The maximum atomic E-state index is 12.4. The fraction of sp³-hybridized carbons (Fsp3) is 0.0500. The molecule has 0 unspecified atom stereocenters. The summed E-state index contributed by atoms with van der Waals surface area (Å²) in [5.41, 5.74) is 1.27. The number of carbonyl (C=O) groups excluding carboxylic acids is 1. The number of hydrogen-bond donors (Lipinski definition) is 2. The first-order valence-electron chi connectivity index (χ1n) is 8.11. The smallest absolute Gasteiger partial charge is 0.255 e. The summed E-state index contributed by atoms with van der Waals surface area (Å²) in [6, 6.07) is 20.5. The van der Waals surface area contributed by atoms with E-state index in [0.717, 1.165) is 0 Å². The third-order valence-electron chi connectivity index (χ3n) is 3.85. The minimum atomic E-state index is -3.86. The molecule has 0 fully saturated rings. The monoisotopic (exact) mass is 382 g/mol. The van der Waals surface area contributed by atoms with Gasteiger partial charge in [-0.3, -0.25) is 4.79 Å². The molecule has 0 saturated heterocycles. The number of carbonyl (C=O) groups is 1. The van der Waals surface area contributed by atoms with Gasteiger partial charge in [0.1, 0.15) is 11.5 Å². The average molecular weight is 382 g/mol. The lowest BCUT2D eigenvalue weighted by Gasteiger charge is -2.10. The van der Waals surface area contributed by atoms with Gasteiger partial charge in [-0.2, -0.15) is 0 Å². The van der Waals surface area contributed by atoms with Crippen LogP contribution >= 0.6 is 0 Å². The van der Waals surface area contributed by atoms with E-state index in [1.165, 1.54) is 6.07 Å². The van der Waals surface area contributed by atoms with Gasteiger partial charge < -0.3 is 10.1 Å². The molecule has 27 heavy (non-hydrogen) atoms. The Kier molecular flexibility index (Phi) is 5.25. The number of rotatable bonds is 5. The number of anilines is 1. The Morgan fingerprint density at radius 2 is 1.56 bits per heavy atom. The molecule has 0 saturated carbocycles. The molecule has 0 atom stereocenters. The molecule has 138 valence electrons. The largest absolute Gasteiger partial charge is 0.457 e. The predicted molar refractivity (Wildman–Crippen MR) is 103 cm³/mol. The Bertz CT molecular complexity index is 1060. The minimum absolute atomic E-state index is 0.0214. The third-order valence-corrected chi connectivity index (χ3v) is 4.90. The van der Waals surface area contributed by atoms with Crippen LogP contribution in [-0.4, -0.2) is 14.3 Å². The van der Waals surface area contributed by atoms with Crippen molar-refractivity contribution in [3.63, 3.8) is 0 Å². The molecule has 0 aliphatic carbocycles. The second-order valence-electron chi connectivity index (χ2n) is 5.92. The van der Waals surface area contributed by atoms with Crippen LogP contribution in [0.2, 0.25) is 0 Å². The first-order valence-corrected chi connectivity index (χ1v) is 9.65. The van der Waals surface area contributed by atoms with Crippen molar-refractivity contribution in [3.8, 4) is 11.5 Å². The zero-order valence-corrected chi connectivity index (χ0v) is 15.4. The lowest BCUT2D eigenvalue weighted by Crippen LogP contribution is -2.16. The molecule has 0 aliphatic heterocycles. The highest BCUT2D eigenvalue weighted by atomic mass is 32.2. The van der Waals surface area contributed by atoms with Crippen molar-refractivity contribution in [2.45, 2.75) is 11.8 Å². The van der Waals surface area contributed by atoms with Crippen LogP contribution in [0.4, 0.5) is 5.69 Å². The van der Waals surface area contributed by atoms with Crippen LogP contribution < -0.4 is 15.2 Å². The minimum Gasteiger partial charge on any atom is -0.457 e. The van der Waals surface area contributed by atoms with Gasteiger partial charge in [0, 0.05) is 11.3 Å². The Morgan fingerprint density at radius 3 is 2.19 bits per heavy atom. The molecular weight excluding hydrogens is 364 g/mol. The summed E-state index contributed by atoms with van der Waals surface area (Å²) in [7, 11) is -3.86. The van der Waals surface area contributed by atoms with E-state index >= 15 is 0 Å². The van der Waals surface area contributed by atoms with E-state index in [9.17, 15) is 13.2 Å². The van der Waals surface area contributed by atoms with Crippen molar-refractivity contribution in [1.82, 2.24) is 0 Å². The van der Waals surface area contributed by atoms with Crippen LogP contribution in [0.1, 0.15) is 15.9 Å². The van der Waals surface area contributed by atoms with Crippen molar-refractivity contribution < 1.29 is 17.9 Å². The van der Waals surface area contributed by atoms with Gasteiger partial charge in [-0.25, -0.2) is 13.6 Å². The topological polar surface area (TPSA) is 98.5 Å². The summed E-state index contributed by atoms with van der Waals surface area (Å²) in [4.78, 5) is 12.4. The zero-order chi connectivity index (χ0) is 19.4. The number of primary sulfonamides is 1. The van der Waals surface area contributed by atoms with E-state index in [0.29, 0.717) is 28.3 Å². The highest BCUT2D eigenvalue weighted by Crippen LogP contribution is 2.22. The molecule has 0 aromatic heterocycles. The molecule has 3 N–H and O–H groups in total. The van der Waals surface area contributed by atoms with Gasteiger partial charge in [0.2, 0.25) is 10.0 Å². The van der Waals surface area contributed by atoms with E-state index in [4.69, 9.17) is 9.88 Å². The van der Waals surface area contributed by atoms with Gasteiger partial charge in [-0.1, -0.05) is 24.3 Å². The Morgan fingerprint density at radius 1 is 0.926 bits per heavy atom. The number of nitrogens with one attached hydrogen (secondary N) is 1. The Balaban J connectivity index is 1.73. The van der Waals surface area contributed by atoms with E-state index in [1.54, 1.807) is 43.3 Å². The van der Waals surface area contributed by atoms with Crippen molar-refractivity contribution in [3.05, 3.63) is 83.9 Å². The molecule has 7 heteroatoms. The molecule has 6 nitrogen and oxygen atoms in total. The van der Waals surface area contributed by atoms with Gasteiger partial charge in [0.25, 0.3) is 5.91 Å². The molecule has 0 radical (unpaired) electrons. The fourth-order valence-corrected chi connectivity index (χ4v) is 3.29. The lowest BCUT2D eigenvalue weighted by atomic mass is 10.2. The maximum absolute atomic E-state index is 12.4. The first kappa shape index (κ1) is 18.6. The molecule has 0 bridgehead atoms. The van der Waals surface area contributed by atoms with Crippen molar-refractivity contribution >= 4 is 21.6 Å². The third kappa shape index (κ3) is 4.72. The summed E-state index contributed by atoms with van der Waals surface area (Å²) >= 11 is 0. The van der Waals surface area contributed by atoms with E-state index in [1.807, 2.05) is 30.3 Å². The highest BCUT2D eigenvalue weighted by molar-refractivity contribution is 7.89. The predicted octanol–water partition coefficient (Wildman–Crippen LogP) is 3.69. The summed E-state index contributed by atoms with van der Waals surface area (Å²) < 4.78 is 28.9.